The lowest BCUT2D eigenvalue weighted by atomic mass is 9.91. The van der Waals surface area contributed by atoms with Crippen molar-refractivity contribution in [1.29, 1.82) is 5.26 Å². The maximum atomic E-state index is 16.9. The molecule has 8 heteroatoms. The number of benzene rings is 24. The number of hydrogen-bond donors (Lipinski definition) is 0. The summed E-state index contributed by atoms with van der Waals surface area (Å²) in [4.78, 5) is 12.8. The van der Waals surface area contributed by atoms with Crippen LogP contribution in [0.2, 0.25) is 0 Å². The number of aryl methyl sites for hydroxylation is 6. The lowest BCUT2D eigenvalue weighted by Crippen LogP contribution is -2.15. The van der Waals surface area contributed by atoms with Gasteiger partial charge in [-0.3, -0.25) is 0 Å². The Morgan fingerprint density at radius 3 is 0.743 bits per heavy atom. The molecule has 6 nitrogen and oxygen atoms in total. The fourth-order valence-corrected chi connectivity index (χ4v) is 21.0. The van der Waals surface area contributed by atoms with Crippen molar-refractivity contribution in [3.63, 3.8) is 0 Å². The first-order valence-corrected chi connectivity index (χ1v) is 48.8. The third kappa shape index (κ3) is 17.0. The Bertz CT molecular complexity index is 8540. The number of halogens is 2. The van der Waals surface area contributed by atoms with E-state index in [1.165, 1.54) is 22.3 Å². The number of para-hydroxylation sites is 2. The van der Waals surface area contributed by atoms with Gasteiger partial charge in [0.2, 0.25) is 0 Å². The van der Waals surface area contributed by atoms with Crippen molar-refractivity contribution < 1.29 is 8.78 Å². The van der Waals surface area contributed by atoms with Crippen LogP contribution in [0.15, 0.2) is 473 Å². The van der Waals surface area contributed by atoms with E-state index >= 15 is 8.78 Å². The summed E-state index contributed by atoms with van der Waals surface area (Å²) in [6, 6.07) is 167. The van der Waals surface area contributed by atoms with Gasteiger partial charge >= 0.3 is 0 Å². The molecule has 0 fully saturated rings. The molecule has 0 spiro atoms. The molecule has 24 rings (SSSR count). The third-order valence-electron chi connectivity index (χ3n) is 28.1. The van der Waals surface area contributed by atoms with Crippen LogP contribution < -0.4 is 19.6 Å². The molecule has 24 aromatic carbocycles. The van der Waals surface area contributed by atoms with Crippen molar-refractivity contribution in [2.24, 2.45) is 0 Å². The maximum absolute atomic E-state index is 16.9. The number of nitrogens with zero attached hydrogens (tertiary/aromatic N) is 6. The molecule has 0 aliphatic heterocycles. The topological polar surface area (TPSA) is 41.1 Å². The molecule has 0 N–H and O–H groups in total. The Balaban J connectivity index is 0.000000159. The second-order valence-corrected chi connectivity index (χ2v) is 37.6. The predicted octanol–water partition coefficient (Wildman–Crippen LogP) is 38.9. The molecule has 0 unspecified atom stereocenters. The van der Waals surface area contributed by atoms with Crippen molar-refractivity contribution in [1.82, 2.24) is 0 Å². The van der Waals surface area contributed by atoms with Gasteiger partial charge in [0.05, 0.1) is 52.3 Å². The second kappa shape index (κ2) is 38.0. The highest BCUT2D eigenvalue weighted by atomic mass is 19.1. The molecule has 24 aromatic rings. The summed E-state index contributed by atoms with van der Waals surface area (Å²) in [5.74, 6) is -0.632. The molecular weight excluding hydrogens is 1760 g/mol. The Kier molecular flexibility index (Phi) is 23.5. The van der Waals surface area contributed by atoms with Crippen molar-refractivity contribution in [3.05, 3.63) is 535 Å². The van der Waals surface area contributed by atoms with Crippen LogP contribution in [0, 0.1) is 71.1 Å². The fraction of sp³-hybridized carbons (Fsp3) is 0.0441. The van der Waals surface area contributed by atoms with Gasteiger partial charge in [-0.15, -0.1) is 0 Å². The van der Waals surface area contributed by atoms with Gasteiger partial charge in [-0.2, -0.15) is 5.26 Å². The van der Waals surface area contributed by atoms with Gasteiger partial charge in [-0.1, -0.05) is 356 Å². The number of hydrogen-bond acceptors (Lipinski definition) is 5. The lowest BCUT2D eigenvalue weighted by Gasteiger charge is -2.31. The molecule has 0 radical (unpaired) electrons. The van der Waals surface area contributed by atoms with Crippen LogP contribution in [-0.2, 0) is 0 Å². The van der Waals surface area contributed by atoms with Gasteiger partial charge in [-0.05, 0) is 324 Å². The van der Waals surface area contributed by atoms with Crippen LogP contribution in [0.1, 0.15) is 38.9 Å². The zero-order chi connectivity index (χ0) is 97.7. The minimum Gasteiger partial charge on any atom is -0.311 e. The van der Waals surface area contributed by atoms with E-state index in [9.17, 15) is 5.26 Å². The van der Waals surface area contributed by atoms with Crippen LogP contribution in [-0.4, -0.2) is 0 Å². The standard InChI is InChI=1S/C68H50F2N2.C68H46N4/c1-43-21-25-49(26-22-43)55-37-53(47-15-7-5-8-16-47)39-57(41-55)71(67-45(3)13-11-19-61(67)69)63-35-31-51-30-34-60-64(36-32-52-29-33-59(63)65(51)66(52)60)72(68-46(4)14-12-20-62(68)70)58-40-54(48-17-9-6-10-18-48)38-56(42-58)50-27-23-44(2)24-28-50;1-45-20-24-50(25-21-45)56-37-54(48-13-6-4-7-14-48)39-61(41-56)71(59-18-10-12-47(36-59)44-69)65-34-30-52-29-33-64-66(35-31-53-28-32-63(65)67(52)68(53)64)72(60-19-11-17-58(43-60)70-3)62-40-55(49-15-8-5-9-16-49)38-57(42-62)51-26-22-46(2)23-27-51/h5-42H,1-4H3;4-43H,1-2H3. The van der Waals surface area contributed by atoms with E-state index < -0.39 is 0 Å². The second-order valence-electron chi connectivity index (χ2n) is 37.6. The first-order chi connectivity index (χ1) is 70.5. The predicted molar refractivity (Wildman–Crippen MR) is 602 cm³/mol. The molecular formula is C136H96F2N6. The van der Waals surface area contributed by atoms with Crippen LogP contribution >= 0.6 is 0 Å². The number of nitriles is 1. The SMILES string of the molecule is Cc1ccc(-c2cc(-c3ccccc3)cc(N(c3c(C)cccc3F)c3ccc4ccc5c(N(c6cc(-c7ccccc7)cc(-c7ccc(C)cc7)c6)c6c(C)cccc6F)ccc6ccc3c4c65)c2)cc1.[C-]#[N+]c1cccc(N(c2cc(-c3ccccc3)cc(-c3ccc(C)cc3)c2)c2ccc3ccc4c(N(c5cccc(C#N)c5)c5cc(-c6ccccc6)cc(-c6ccc(C)cc6)c5)ccc5ccc2c3c54)c1. The molecule has 0 bridgehead atoms. The van der Waals surface area contributed by atoms with Crippen molar-refractivity contribution >= 4 is 139 Å². The smallest absolute Gasteiger partial charge is 0.189 e. The first-order valence-electron chi connectivity index (χ1n) is 48.8. The number of anilines is 12. The maximum Gasteiger partial charge on any atom is 0.189 e. The molecule has 0 aromatic heterocycles. The van der Waals surface area contributed by atoms with E-state index in [0.29, 0.717) is 22.6 Å². The van der Waals surface area contributed by atoms with Crippen LogP contribution in [0.5, 0.6) is 0 Å². The molecule has 0 heterocycles. The van der Waals surface area contributed by atoms with Crippen LogP contribution in [0.4, 0.5) is 82.7 Å². The third-order valence-corrected chi connectivity index (χ3v) is 28.1. The summed E-state index contributed by atoms with van der Waals surface area (Å²) in [5.41, 5.74) is 34.9. The largest absolute Gasteiger partial charge is 0.311 e. The van der Waals surface area contributed by atoms with Crippen LogP contribution in [0.25, 0.3) is 158 Å². The van der Waals surface area contributed by atoms with Gasteiger partial charge in [0.1, 0.15) is 11.6 Å². The van der Waals surface area contributed by atoms with Crippen molar-refractivity contribution in [2.75, 3.05) is 19.6 Å². The minimum absolute atomic E-state index is 0.316. The lowest BCUT2D eigenvalue weighted by molar-refractivity contribution is 0.627. The average Bonchev–Trinajstić information content (AvgIpc) is 0.717. The van der Waals surface area contributed by atoms with Crippen molar-refractivity contribution in [2.45, 2.75) is 41.5 Å². The Morgan fingerprint density at radius 1 is 0.215 bits per heavy atom. The first kappa shape index (κ1) is 89.3. The summed E-state index contributed by atoms with van der Waals surface area (Å²) in [5, 5.41) is 23.1. The molecule has 0 saturated heterocycles. The minimum atomic E-state index is -0.316. The zero-order valence-electron chi connectivity index (χ0n) is 80.5. The Labute approximate surface area is 838 Å². The molecule has 684 valence electrons. The van der Waals surface area contributed by atoms with Gasteiger partial charge in [0, 0.05) is 55.7 Å². The fourth-order valence-electron chi connectivity index (χ4n) is 21.0. The Hall–Kier alpha value is -18.6. The van der Waals surface area contributed by atoms with E-state index in [1.54, 1.807) is 24.3 Å². The van der Waals surface area contributed by atoms with Gasteiger partial charge in [0.15, 0.2) is 5.69 Å². The summed E-state index contributed by atoms with van der Waals surface area (Å²) >= 11 is 0. The molecule has 0 aliphatic carbocycles. The van der Waals surface area contributed by atoms with Crippen LogP contribution in [0.3, 0.4) is 0 Å². The molecule has 0 amide bonds. The Morgan fingerprint density at radius 2 is 0.465 bits per heavy atom. The highest BCUT2D eigenvalue weighted by Gasteiger charge is 2.30. The molecule has 0 atom stereocenters. The van der Waals surface area contributed by atoms with E-state index in [4.69, 9.17) is 6.57 Å². The molecule has 144 heavy (non-hydrogen) atoms. The van der Waals surface area contributed by atoms with Crippen molar-refractivity contribution in [3.8, 4) is 95.1 Å². The summed E-state index contributed by atoms with van der Waals surface area (Å²) < 4.78 is 33.8. The van der Waals surface area contributed by atoms with E-state index in [1.807, 2.05) is 74.5 Å². The highest BCUT2D eigenvalue weighted by Crippen LogP contribution is 2.55. The van der Waals surface area contributed by atoms with E-state index in [0.717, 1.165) is 222 Å². The van der Waals surface area contributed by atoms with Gasteiger partial charge in [0.25, 0.3) is 0 Å². The zero-order valence-corrected chi connectivity index (χ0v) is 80.5. The summed E-state index contributed by atoms with van der Waals surface area (Å²) in [6.45, 7) is 20.5. The quantitative estimate of drug-likeness (QED) is 0.0562. The summed E-state index contributed by atoms with van der Waals surface area (Å²) in [6.07, 6.45) is 0. The van der Waals surface area contributed by atoms with E-state index in [2.05, 4.69) is 446 Å². The molecule has 0 saturated carbocycles. The monoisotopic (exact) mass is 1850 g/mol. The average molecular weight is 1850 g/mol. The normalized spacial score (nSPS) is 11.3. The number of rotatable bonds is 20. The van der Waals surface area contributed by atoms with Gasteiger partial charge in [-0.25, -0.2) is 13.6 Å². The summed E-state index contributed by atoms with van der Waals surface area (Å²) in [7, 11) is 0. The molecule has 0 aliphatic rings. The van der Waals surface area contributed by atoms with E-state index in [-0.39, 0.29) is 11.6 Å². The van der Waals surface area contributed by atoms with Gasteiger partial charge < -0.3 is 19.6 Å². The highest BCUT2D eigenvalue weighted by molar-refractivity contribution is 6.30.